The Balaban J connectivity index is 2.01. The van der Waals surface area contributed by atoms with E-state index in [2.05, 4.69) is 16.0 Å². The van der Waals surface area contributed by atoms with Crippen LogP contribution in [0.4, 0.5) is 5.69 Å². The van der Waals surface area contributed by atoms with E-state index < -0.39 is 5.91 Å². The highest BCUT2D eigenvalue weighted by Crippen LogP contribution is 2.25. The average Bonchev–Trinajstić information content (AvgIpc) is 2.59. The molecule has 0 aromatic heterocycles. The predicted octanol–water partition coefficient (Wildman–Crippen LogP) is 2.46. The number of carbonyl (C=O) groups excluding carboxylic acids is 2. The quantitative estimate of drug-likeness (QED) is 0.563. The second-order valence-corrected chi connectivity index (χ2v) is 6.12. The number of halogens is 2. The molecular formula is C16H16Cl2N4O2. The Labute approximate surface area is 149 Å². The summed E-state index contributed by atoms with van der Waals surface area (Å²) in [7, 11) is 0. The minimum Gasteiger partial charge on any atom is -0.331 e. The van der Waals surface area contributed by atoms with E-state index in [9.17, 15) is 9.59 Å². The Kier molecular flexibility index (Phi) is 6.62. The van der Waals surface area contributed by atoms with Crippen LogP contribution >= 0.6 is 23.2 Å². The van der Waals surface area contributed by atoms with Crippen molar-refractivity contribution in [1.82, 2.24) is 10.6 Å². The van der Waals surface area contributed by atoms with Gasteiger partial charge in [-0.1, -0.05) is 23.2 Å². The van der Waals surface area contributed by atoms with Gasteiger partial charge in [-0.2, -0.15) is 5.26 Å². The zero-order valence-electron chi connectivity index (χ0n) is 12.7. The highest BCUT2D eigenvalue weighted by atomic mass is 35.5. The van der Waals surface area contributed by atoms with Crippen molar-refractivity contribution >= 4 is 40.7 Å². The highest BCUT2D eigenvalue weighted by molar-refractivity contribution is 6.35. The van der Waals surface area contributed by atoms with Gasteiger partial charge in [0.1, 0.15) is 11.6 Å². The molecule has 126 valence electrons. The number of piperidine rings is 1. The molecule has 3 N–H and O–H groups in total. The molecule has 1 heterocycles. The molecule has 6 nitrogen and oxygen atoms in total. The number of nitriles is 1. The zero-order chi connectivity index (χ0) is 17.5. The largest absolute Gasteiger partial charge is 0.331 e. The van der Waals surface area contributed by atoms with E-state index in [1.54, 1.807) is 12.1 Å². The van der Waals surface area contributed by atoms with Crippen molar-refractivity contribution in [2.45, 2.75) is 12.8 Å². The Morgan fingerprint density at radius 1 is 1.29 bits per heavy atom. The fraction of sp³-hybridized carbons (Fsp3) is 0.312. The normalized spacial score (nSPS) is 15.5. The van der Waals surface area contributed by atoms with Crippen molar-refractivity contribution in [2.24, 2.45) is 5.92 Å². The van der Waals surface area contributed by atoms with Crippen LogP contribution in [0.25, 0.3) is 0 Å². The number of nitrogens with zero attached hydrogens (tertiary/aromatic N) is 1. The molecule has 2 amide bonds. The summed E-state index contributed by atoms with van der Waals surface area (Å²) in [6.07, 6.45) is 2.58. The Morgan fingerprint density at radius 2 is 2.00 bits per heavy atom. The van der Waals surface area contributed by atoms with Crippen molar-refractivity contribution in [3.8, 4) is 6.07 Å². The minimum absolute atomic E-state index is 0.118. The number of nitrogens with one attached hydrogen (secondary N) is 3. The van der Waals surface area contributed by atoms with Crippen LogP contribution < -0.4 is 16.0 Å². The summed E-state index contributed by atoms with van der Waals surface area (Å²) in [6, 6.07) is 6.36. The van der Waals surface area contributed by atoms with Gasteiger partial charge in [0, 0.05) is 17.1 Å². The number of amides is 2. The van der Waals surface area contributed by atoms with Crippen molar-refractivity contribution in [2.75, 3.05) is 18.4 Å². The molecule has 1 fully saturated rings. The van der Waals surface area contributed by atoms with Crippen LogP contribution in [0.5, 0.6) is 0 Å². The predicted molar refractivity (Wildman–Crippen MR) is 92.5 cm³/mol. The lowest BCUT2D eigenvalue weighted by Gasteiger charge is -2.20. The van der Waals surface area contributed by atoms with Crippen LogP contribution in [0.1, 0.15) is 12.8 Å². The summed E-state index contributed by atoms with van der Waals surface area (Å²) < 4.78 is 0. The third-order valence-electron chi connectivity index (χ3n) is 3.61. The van der Waals surface area contributed by atoms with Crippen molar-refractivity contribution < 1.29 is 9.59 Å². The van der Waals surface area contributed by atoms with Crippen LogP contribution in [0.15, 0.2) is 30.0 Å². The summed E-state index contributed by atoms with van der Waals surface area (Å²) in [5.74, 6) is -0.988. The number of carbonyl (C=O) groups is 2. The first-order chi connectivity index (χ1) is 11.5. The monoisotopic (exact) mass is 366 g/mol. The van der Waals surface area contributed by atoms with E-state index in [4.69, 9.17) is 28.5 Å². The van der Waals surface area contributed by atoms with Gasteiger partial charge in [0.2, 0.25) is 5.91 Å². The molecular weight excluding hydrogens is 351 g/mol. The van der Waals surface area contributed by atoms with Crippen LogP contribution in [-0.2, 0) is 9.59 Å². The Morgan fingerprint density at radius 3 is 2.67 bits per heavy atom. The van der Waals surface area contributed by atoms with Gasteiger partial charge in [-0.3, -0.25) is 9.59 Å². The molecule has 24 heavy (non-hydrogen) atoms. The minimum atomic E-state index is -0.674. The van der Waals surface area contributed by atoms with Crippen LogP contribution in [0.3, 0.4) is 0 Å². The van der Waals surface area contributed by atoms with Crippen molar-refractivity contribution in [3.05, 3.63) is 40.0 Å². The van der Waals surface area contributed by atoms with Gasteiger partial charge in [-0.25, -0.2) is 0 Å². The summed E-state index contributed by atoms with van der Waals surface area (Å²) in [4.78, 5) is 24.2. The number of hydrogen-bond acceptors (Lipinski definition) is 4. The first-order valence-electron chi connectivity index (χ1n) is 7.39. The molecule has 0 saturated carbocycles. The molecule has 8 heteroatoms. The summed E-state index contributed by atoms with van der Waals surface area (Å²) >= 11 is 11.8. The molecule has 0 atom stereocenters. The summed E-state index contributed by atoms with van der Waals surface area (Å²) in [5, 5.41) is 18.0. The highest BCUT2D eigenvalue weighted by Gasteiger charge is 2.20. The van der Waals surface area contributed by atoms with Crippen molar-refractivity contribution in [1.29, 1.82) is 5.26 Å². The zero-order valence-corrected chi connectivity index (χ0v) is 14.2. The van der Waals surface area contributed by atoms with Gasteiger partial charge in [0.05, 0.1) is 10.7 Å². The maximum Gasteiger partial charge on any atom is 0.267 e. The standard InChI is InChI=1S/C16H16Cl2N4O2/c17-12-1-2-13(18)14(7-12)22-16(24)11(8-19)9-21-15(23)10-3-5-20-6-4-10/h1-2,7,9-10,20H,3-6H2,(H,21,23)(H,22,24)/b11-9-. The second-order valence-electron chi connectivity index (χ2n) is 5.28. The molecule has 0 radical (unpaired) electrons. The second kappa shape index (κ2) is 8.69. The molecule has 1 aromatic carbocycles. The third-order valence-corrected chi connectivity index (χ3v) is 4.18. The van der Waals surface area contributed by atoms with E-state index >= 15 is 0 Å². The van der Waals surface area contributed by atoms with E-state index in [-0.39, 0.29) is 17.4 Å². The van der Waals surface area contributed by atoms with Gasteiger partial charge in [0.15, 0.2) is 0 Å². The van der Waals surface area contributed by atoms with Gasteiger partial charge in [-0.05, 0) is 44.1 Å². The van der Waals surface area contributed by atoms with Gasteiger partial charge in [-0.15, -0.1) is 0 Å². The number of hydrogen-bond donors (Lipinski definition) is 3. The van der Waals surface area contributed by atoms with Crippen LogP contribution in [0, 0.1) is 17.2 Å². The summed E-state index contributed by atoms with van der Waals surface area (Å²) in [6.45, 7) is 1.56. The van der Waals surface area contributed by atoms with E-state index in [1.807, 2.05) is 0 Å². The van der Waals surface area contributed by atoms with Gasteiger partial charge >= 0.3 is 0 Å². The maximum atomic E-state index is 12.1. The van der Waals surface area contributed by atoms with E-state index in [1.165, 1.54) is 12.1 Å². The smallest absolute Gasteiger partial charge is 0.267 e. The fourth-order valence-electron chi connectivity index (χ4n) is 2.28. The number of benzene rings is 1. The average molecular weight is 367 g/mol. The first kappa shape index (κ1) is 18.3. The molecule has 1 saturated heterocycles. The molecule has 1 aromatic rings. The lowest BCUT2D eigenvalue weighted by atomic mass is 9.97. The molecule has 1 aliphatic heterocycles. The lowest BCUT2D eigenvalue weighted by Crippen LogP contribution is -2.36. The van der Waals surface area contributed by atoms with Crippen molar-refractivity contribution in [3.63, 3.8) is 0 Å². The first-order valence-corrected chi connectivity index (χ1v) is 8.14. The molecule has 2 rings (SSSR count). The SMILES string of the molecule is N#C/C(=C/NC(=O)C1CCNCC1)C(=O)Nc1cc(Cl)ccc1Cl. The van der Waals surface area contributed by atoms with Gasteiger partial charge < -0.3 is 16.0 Å². The number of rotatable bonds is 4. The van der Waals surface area contributed by atoms with Crippen LogP contribution in [0.2, 0.25) is 10.0 Å². The molecule has 0 spiro atoms. The molecule has 0 bridgehead atoms. The summed E-state index contributed by atoms with van der Waals surface area (Å²) in [5.41, 5.74) is 0.0633. The van der Waals surface area contributed by atoms with E-state index in [0.29, 0.717) is 15.7 Å². The molecule has 0 aliphatic carbocycles. The number of anilines is 1. The fourth-order valence-corrected chi connectivity index (χ4v) is 2.61. The van der Waals surface area contributed by atoms with Crippen LogP contribution in [-0.4, -0.2) is 24.9 Å². The Hall–Kier alpha value is -2.07. The molecule has 1 aliphatic rings. The Bertz CT molecular complexity index is 707. The molecule has 0 unspecified atom stereocenters. The lowest BCUT2D eigenvalue weighted by molar-refractivity contribution is -0.124. The van der Waals surface area contributed by atoms with E-state index in [0.717, 1.165) is 32.1 Å². The van der Waals surface area contributed by atoms with Gasteiger partial charge in [0.25, 0.3) is 5.91 Å². The third kappa shape index (κ3) is 4.96. The maximum absolute atomic E-state index is 12.1. The topological polar surface area (TPSA) is 94.0 Å².